The first-order valence-corrected chi connectivity index (χ1v) is 7.20. The van der Waals surface area contributed by atoms with Gasteiger partial charge in [-0.05, 0) is 24.3 Å². The summed E-state index contributed by atoms with van der Waals surface area (Å²) in [5.41, 5.74) is 2.04. The third-order valence-electron chi connectivity index (χ3n) is 2.47. The maximum Gasteiger partial charge on any atom is 0.317 e. The molecule has 100 valence electrons. The molecular weight excluding hydrogens is 248 g/mol. The monoisotopic (exact) mass is 268 g/mol. The van der Waals surface area contributed by atoms with Gasteiger partial charge in [-0.15, -0.1) is 0 Å². The number of carbonyl (C=O) groups is 1. The molecule has 0 aliphatic carbocycles. The summed E-state index contributed by atoms with van der Waals surface area (Å²) in [5, 5.41) is 8.89. The van der Waals surface area contributed by atoms with Crippen LogP contribution in [0.3, 0.4) is 0 Å². The predicted octanol–water partition coefficient (Wildman–Crippen LogP) is 2.03. The van der Waals surface area contributed by atoms with Gasteiger partial charge in [0.15, 0.2) is 0 Å². The van der Waals surface area contributed by atoms with Crippen LogP contribution in [0.25, 0.3) is 0 Å². The maximum atomic E-state index is 10.8. The molecule has 0 saturated heterocycles. The fourth-order valence-corrected chi connectivity index (χ4v) is 2.24. The number of aryl methyl sites for hydroxylation is 1. The second-order valence-electron chi connectivity index (χ2n) is 4.13. The third-order valence-corrected chi connectivity index (χ3v) is 3.35. The molecule has 1 aromatic rings. The van der Waals surface area contributed by atoms with Crippen molar-refractivity contribution in [1.29, 1.82) is 0 Å². The van der Waals surface area contributed by atoms with E-state index in [1.54, 1.807) is 0 Å². The van der Waals surface area contributed by atoms with Gasteiger partial charge < -0.3 is 5.11 Å². The molecule has 1 heterocycles. The highest BCUT2D eigenvalue weighted by Crippen LogP contribution is 2.06. The number of nitrogens with zero attached hydrogens (tertiary/aromatic N) is 2. The van der Waals surface area contributed by atoms with Crippen LogP contribution in [0.2, 0.25) is 0 Å². The smallest absolute Gasteiger partial charge is 0.317 e. The lowest BCUT2D eigenvalue weighted by atomic mass is 10.2. The summed E-state index contributed by atoms with van der Waals surface area (Å²) in [7, 11) is 0. The Balaban J connectivity index is 2.53. The van der Waals surface area contributed by atoms with E-state index in [4.69, 9.17) is 5.11 Å². The number of carboxylic acid groups (broad SMARTS) is 1. The van der Waals surface area contributed by atoms with Gasteiger partial charge in [-0.1, -0.05) is 13.0 Å². The molecule has 0 radical (unpaired) electrons. The van der Waals surface area contributed by atoms with Crippen molar-refractivity contribution in [2.24, 2.45) is 0 Å². The minimum Gasteiger partial charge on any atom is -0.480 e. The Bertz CT molecular complexity index is 368. The van der Waals surface area contributed by atoms with E-state index in [0.29, 0.717) is 6.54 Å². The molecule has 4 nitrogen and oxygen atoms in total. The van der Waals surface area contributed by atoms with Crippen LogP contribution in [0, 0.1) is 6.92 Å². The topological polar surface area (TPSA) is 53.4 Å². The highest BCUT2D eigenvalue weighted by atomic mass is 32.2. The SMILES string of the molecule is CCSCCN(CC(=O)O)Cc1ccc(C)cn1. The standard InChI is InChI=1S/C13H20N2O2S/c1-3-18-7-6-15(10-13(16)17)9-12-5-4-11(2)8-14-12/h4-5,8H,3,6-7,9-10H2,1-2H3,(H,16,17). The Morgan fingerprint density at radius 3 is 2.83 bits per heavy atom. The van der Waals surface area contributed by atoms with E-state index in [9.17, 15) is 4.79 Å². The van der Waals surface area contributed by atoms with Crippen LogP contribution in [0.15, 0.2) is 18.3 Å². The van der Waals surface area contributed by atoms with Crippen LogP contribution in [0.1, 0.15) is 18.2 Å². The number of hydrogen-bond donors (Lipinski definition) is 1. The minimum atomic E-state index is -0.788. The average Bonchev–Trinajstić information content (AvgIpc) is 2.31. The number of rotatable bonds is 8. The van der Waals surface area contributed by atoms with E-state index in [1.807, 2.05) is 41.9 Å². The van der Waals surface area contributed by atoms with E-state index >= 15 is 0 Å². The molecule has 0 bridgehead atoms. The molecule has 0 aromatic carbocycles. The number of pyridine rings is 1. The van der Waals surface area contributed by atoms with Crippen molar-refractivity contribution in [2.45, 2.75) is 20.4 Å². The van der Waals surface area contributed by atoms with Crippen LogP contribution < -0.4 is 0 Å². The zero-order valence-corrected chi connectivity index (χ0v) is 11.7. The van der Waals surface area contributed by atoms with Gasteiger partial charge in [0.05, 0.1) is 12.2 Å². The van der Waals surface area contributed by atoms with Crippen molar-refractivity contribution in [3.63, 3.8) is 0 Å². The number of thioether (sulfide) groups is 1. The summed E-state index contributed by atoms with van der Waals surface area (Å²) in [6.45, 7) is 5.54. The fraction of sp³-hybridized carbons (Fsp3) is 0.538. The first kappa shape index (κ1) is 15.0. The van der Waals surface area contributed by atoms with Crippen molar-refractivity contribution < 1.29 is 9.90 Å². The molecule has 0 aliphatic rings. The lowest BCUT2D eigenvalue weighted by Gasteiger charge is -2.19. The van der Waals surface area contributed by atoms with Crippen LogP contribution in [-0.2, 0) is 11.3 Å². The molecular formula is C13H20N2O2S. The second-order valence-corrected chi connectivity index (χ2v) is 5.52. The number of hydrogen-bond acceptors (Lipinski definition) is 4. The molecule has 1 aromatic heterocycles. The van der Waals surface area contributed by atoms with Gasteiger partial charge in [0.25, 0.3) is 0 Å². The number of aliphatic carboxylic acids is 1. The molecule has 0 atom stereocenters. The molecule has 5 heteroatoms. The van der Waals surface area contributed by atoms with E-state index in [1.165, 1.54) is 0 Å². The molecule has 0 fully saturated rings. The summed E-state index contributed by atoms with van der Waals surface area (Å²) in [6.07, 6.45) is 1.81. The molecule has 0 aliphatic heterocycles. The Morgan fingerprint density at radius 2 is 2.28 bits per heavy atom. The lowest BCUT2D eigenvalue weighted by molar-refractivity contribution is -0.138. The van der Waals surface area contributed by atoms with Gasteiger partial charge in [-0.25, -0.2) is 0 Å². The van der Waals surface area contributed by atoms with E-state index in [-0.39, 0.29) is 6.54 Å². The molecule has 18 heavy (non-hydrogen) atoms. The van der Waals surface area contributed by atoms with Crippen molar-refractivity contribution >= 4 is 17.7 Å². The highest BCUT2D eigenvalue weighted by molar-refractivity contribution is 7.99. The molecule has 1 N–H and O–H groups in total. The quantitative estimate of drug-likeness (QED) is 0.731. The fourth-order valence-electron chi connectivity index (χ4n) is 1.56. The highest BCUT2D eigenvalue weighted by Gasteiger charge is 2.10. The normalized spacial score (nSPS) is 10.8. The summed E-state index contributed by atoms with van der Waals surface area (Å²) >= 11 is 1.82. The summed E-state index contributed by atoms with van der Waals surface area (Å²) in [5.74, 6) is 1.22. The number of aromatic nitrogens is 1. The maximum absolute atomic E-state index is 10.8. The van der Waals surface area contributed by atoms with Crippen LogP contribution in [0.5, 0.6) is 0 Å². The first-order valence-electron chi connectivity index (χ1n) is 6.05. The van der Waals surface area contributed by atoms with Gasteiger partial charge in [-0.2, -0.15) is 11.8 Å². The Hall–Kier alpha value is -1.07. The molecule has 0 spiro atoms. The van der Waals surface area contributed by atoms with Gasteiger partial charge in [0.2, 0.25) is 0 Å². The predicted molar refractivity (Wildman–Crippen MR) is 74.9 cm³/mol. The average molecular weight is 268 g/mol. The molecule has 1 rings (SSSR count). The van der Waals surface area contributed by atoms with Crippen LogP contribution >= 0.6 is 11.8 Å². The van der Waals surface area contributed by atoms with Crippen LogP contribution in [-0.4, -0.2) is 45.6 Å². The van der Waals surface area contributed by atoms with E-state index in [0.717, 1.165) is 29.3 Å². The van der Waals surface area contributed by atoms with E-state index < -0.39 is 5.97 Å². The van der Waals surface area contributed by atoms with Gasteiger partial charge in [0.1, 0.15) is 0 Å². The lowest BCUT2D eigenvalue weighted by Crippen LogP contribution is -2.31. The van der Waals surface area contributed by atoms with Gasteiger partial charge >= 0.3 is 5.97 Å². The van der Waals surface area contributed by atoms with Crippen molar-refractivity contribution in [3.05, 3.63) is 29.6 Å². The zero-order valence-electron chi connectivity index (χ0n) is 10.9. The first-order chi connectivity index (χ1) is 8.61. The second kappa shape index (κ2) is 8.11. The molecule has 0 amide bonds. The largest absolute Gasteiger partial charge is 0.480 e. The molecule has 0 unspecified atom stereocenters. The number of carboxylic acids is 1. The third kappa shape index (κ3) is 6.02. The van der Waals surface area contributed by atoms with Crippen molar-refractivity contribution in [1.82, 2.24) is 9.88 Å². The molecule has 0 saturated carbocycles. The summed E-state index contributed by atoms with van der Waals surface area (Å²) < 4.78 is 0. The Kier molecular flexibility index (Phi) is 6.75. The summed E-state index contributed by atoms with van der Waals surface area (Å²) in [6, 6.07) is 3.96. The summed E-state index contributed by atoms with van der Waals surface area (Å²) in [4.78, 5) is 17.0. The van der Waals surface area contributed by atoms with Crippen molar-refractivity contribution in [3.8, 4) is 0 Å². The Labute approximate surface area is 112 Å². The van der Waals surface area contributed by atoms with Crippen LogP contribution in [0.4, 0.5) is 0 Å². The van der Waals surface area contributed by atoms with Crippen molar-refractivity contribution in [2.75, 3.05) is 24.6 Å². The minimum absolute atomic E-state index is 0.0693. The Morgan fingerprint density at radius 1 is 1.50 bits per heavy atom. The zero-order chi connectivity index (χ0) is 13.4. The van der Waals surface area contributed by atoms with E-state index in [2.05, 4.69) is 11.9 Å². The van der Waals surface area contributed by atoms with Gasteiger partial charge in [0, 0.05) is 25.0 Å². The van der Waals surface area contributed by atoms with Gasteiger partial charge in [-0.3, -0.25) is 14.7 Å².